The molecular formula is C26H26N2O3. The molecule has 1 aliphatic rings. The minimum atomic E-state index is -0.463. The summed E-state index contributed by atoms with van der Waals surface area (Å²) < 4.78 is 11.8. The SMILES string of the molecule is Cc1ccc(C(=O)OC(COc2ccccc2)CN(C)C2=NCc3ccccc32)cc1. The molecule has 3 aromatic rings. The zero-order valence-corrected chi connectivity index (χ0v) is 17.8. The first kappa shape index (κ1) is 20.7. The summed E-state index contributed by atoms with van der Waals surface area (Å²) in [6.07, 6.45) is -0.463. The van der Waals surface area contributed by atoms with Crippen molar-refractivity contribution in [2.45, 2.75) is 19.6 Å². The molecule has 1 atom stereocenters. The number of aliphatic imine (C=N–C) groups is 1. The molecule has 0 saturated heterocycles. The number of carbonyl (C=O) groups is 1. The Morgan fingerprint density at radius 3 is 2.48 bits per heavy atom. The van der Waals surface area contributed by atoms with Crippen LogP contribution in [0.4, 0.5) is 0 Å². The maximum atomic E-state index is 12.8. The second-order valence-corrected chi connectivity index (χ2v) is 7.69. The molecular weight excluding hydrogens is 388 g/mol. The third-order valence-corrected chi connectivity index (χ3v) is 5.24. The van der Waals surface area contributed by atoms with Crippen LogP contribution < -0.4 is 4.74 Å². The van der Waals surface area contributed by atoms with Crippen molar-refractivity contribution in [2.24, 2.45) is 4.99 Å². The van der Waals surface area contributed by atoms with E-state index in [1.54, 1.807) is 12.1 Å². The molecule has 1 aliphatic heterocycles. The van der Waals surface area contributed by atoms with E-state index in [1.807, 2.05) is 73.5 Å². The number of hydrogen-bond donors (Lipinski definition) is 0. The number of likely N-dealkylation sites (N-methyl/N-ethyl adjacent to an activating group) is 1. The van der Waals surface area contributed by atoms with Crippen molar-refractivity contribution in [2.75, 3.05) is 20.2 Å². The van der Waals surface area contributed by atoms with Crippen LogP contribution in [0.2, 0.25) is 0 Å². The van der Waals surface area contributed by atoms with Crippen LogP contribution in [0, 0.1) is 6.92 Å². The van der Waals surface area contributed by atoms with Crippen LogP contribution in [0.1, 0.15) is 27.0 Å². The van der Waals surface area contributed by atoms with Gasteiger partial charge in [-0.3, -0.25) is 4.99 Å². The molecule has 1 unspecified atom stereocenters. The maximum Gasteiger partial charge on any atom is 0.338 e. The lowest BCUT2D eigenvalue weighted by atomic mass is 10.1. The van der Waals surface area contributed by atoms with Gasteiger partial charge < -0.3 is 14.4 Å². The summed E-state index contributed by atoms with van der Waals surface area (Å²) in [5, 5.41) is 0. The van der Waals surface area contributed by atoms with Gasteiger partial charge in [-0.05, 0) is 36.8 Å². The number of para-hydroxylation sites is 1. The third-order valence-electron chi connectivity index (χ3n) is 5.24. The predicted molar refractivity (Wildman–Crippen MR) is 122 cm³/mol. The van der Waals surface area contributed by atoms with Gasteiger partial charge in [0, 0.05) is 12.6 Å². The van der Waals surface area contributed by atoms with Gasteiger partial charge in [0.1, 0.15) is 18.2 Å². The first-order chi connectivity index (χ1) is 15.1. The van der Waals surface area contributed by atoms with Gasteiger partial charge in [0.15, 0.2) is 6.10 Å². The molecule has 0 aliphatic carbocycles. The molecule has 0 bridgehead atoms. The van der Waals surface area contributed by atoms with Crippen LogP contribution in [0.25, 0.3) is 0 Å². The molecule has 31 heavy (non-hydrogen) atoms. The number of nitrogens with zero attached hydrogens (tertiary/aromatic N) is 2. The summed E-state index contributed by atoms with van der Waals surface area (Å²) in [7, 11) is 1.97. The smallest absolute Gasteiger partial charge is 0.338 e. The Balaban J connectivity index is 1.47. The second kappa shape index (κ2) is 9.47. The molecule has 158 valence electrons. The van der Waals surface area contributed by atoms with Crippen molar-refractivity contribution in [3.8, 4) is 5.75 Å². The molecule has 4 rings (SSSR count). The summed E-state index contributed by atoms with van der Waals surface area (Å²) in [4.78, 5) is 19.5. The Hall–Kier alpha value is -3.60. The van der Waals surface area contributed by atoms with Crippen LogP contribution in [0.3, 0.4) is 0 Å². The lowest BCUT2D eigenvalue weighted by Gasteiger charge is -2.26. The second-order valence-electron chi connectivity index (χ2n) is 7.69. The van der Waals surface area contributed by atoms with Gasteiger partial charge in [0.2, 0.25) is 0 Å². The van der Waals surface area contributed by atoms with Crippen molar-refractivity contribution in [3.05, 3.63) is 101 Å². The largest absolute Gasteiger partial charge is 0.490 e. The average molecular weight is 415 g/mol. The molecule has 5 heteroatoms. The van der Waals surface area contributed by atoms with Gasteiger partial charge >= 0.3 is 5.97 Å². The fraction of sp³-hybridized carbons (Fsp3) is 0.231. The molecule has 0 aromatic heterocycles. The van der Waals surface area contributed by atoms with Crippen molar-refractivity contribution in [3.63, 3.8) is 0 Å². The van der Waals surface area contributed by atoms with Gasteiger partial charge in [0.25, 0.3) is 0 Å². The Kier molecular flexibility index (Phi) is 6.32. The standard InChI is InChI=1S/C26H26N2O3/c1-19-12-14-20(15-13-19)26(29)31-23(18-30-22-9-4-3-5-10-22)17-28(2)25-24-11-7-6-8-21(24)16-27-25/h3-15,23H,16-18H2,1-2H3. The normalized spacial score (nSPS) is 13.2. The molecule has 0 radical (unpaired) electrons. The number of esters is 1. The van der Waals surface area contributed by atoms with Crippen LogP contribution in [-0.4, -0.2) is 43.0 Å². The van der Waals surface area contributed by atoms with E-state index in [1.165, 1.54) is 5.56 Å². The number of fused-ring (bicyclic) bond motifs is 1. The van der Waals surface area contributed by atoms with E-state index < -0.39 is 6.10 Å². The number of carbonyl (C=O) groups excluding carboxylic acids is 1. The lowest BCUT2D eigenvalue weighted by molar-refractivity contribution is 0.0130. The van der Waals surface area contributed by atoms with Crippen molar-refractivity contribution in [1.29, 1.82) is 0 Å². The highest BCUT2D eigenvalue weighted by Gasteiger charge is 2.24. The molecule has 3 aromatic carbocycles. The zero-order chi connectivity index (χ0) is 21.6. The van der Waals surface area contributed by atoms with Crippen LogP contribution in [0.15, 0.2) is 83.9 Å². The number of benzene rings is 3. The summed E-state index contributed by atoms with van der Waals surface area (Å²) >= 11 is 0. The fourth-order valence-corrected chi connectivity index (χ4v) is 3.58. The van der Waals surface area contributed by atoms with E-state index >= 15 is 0 Å². The van der Waals surface area contributed by atoms with Gasteiger partial charge in [-0.25, -0.2) is 4.79 Å². The number of ether oxygens (including phenoxy) is 2. The Morgan fingerprint density at radius 1 is 1.00 bits per heavy atom. The molecule has 0 N–H and O–H groups in total. The molecule has 0 fully saturated rings. The van der Waals surface area contributed by atoms with E-state index in [-0.39, 0.29) is 12.6 Å². The first-order valence-electron chi connectivity index (χ1n) is 10.4. The van der Waals surface area contributed by atoms with Gasteiger partial charge in [-0.1, -0.05) is 60.2 Å². The van der Waals surface area contributed by atoms with Crippen molar-refractivity contribution < 1.29 is 14.3 Å². The van der Waals surface area contributed by atoms with Gasteiger partial charge in [-0.2, -0.15) is 0 Å². The highest BCUT2D eigenvalue weighted by Crippen LogP contribution is 2.20. The van der Waals surface area contributed by atoms with E-state index in [0.717, 1.165) is 22.7 Å². The minimum Gasteiger partial charge on any atom is -0.490 e. The predicted octanol–water partition coefficient (Wildman–Crippen LogP) is 4.49. The quantitative estimate of drug-likeness (QED) is 0.535. The summed E-state index contributed by atoms with van der Waals surface area (Å²) in [6.45, 7) is 3.38. The topological polar surface area (TPSA) is 51.1 Å². The molecule has 0 spiro atoms. The number of rotatable bonds is 7. The van der Waals surface area contributed by atoms with E-state index in [4.69, 9.17) is 9.47 Å². The first-order valence-corrected chi connectivity index (χ1v) is 10.4. The van der Waals surface area contributed by atoms with Gasteiger partial charge in [0.05, 0.1) is 18.7 Å². The number of hydrogen-bond acceptors (Lipinski definition) is 5. The van der Waals surface area contributed by atoms with E-state index in [2.05, 4.69) is 17.1 Å². The summed E-state index contributed by atoms with van der Waals surface area (Å²) in [5.74, 6) is 1.29. The Morgan fingerprint density at radius 2 is 1.71 bits per heavy atom. The summed E-state index contributed by atoms with van der Waals surface area (Å²) in [5.41, 5.74) is 3.95. The third kappa shape index (κ3) is 5.12. The monoisotopic (exact) mass is 414 g/mol. The minimum absolute atomic E-state index is 0.251. The molecule has 1 heterocycles. The average Bonchev–Trinajstić information content (AvgIpc) is 3.23. The fourth-order valence-electron chi connectivity index (χ4n) is 3.58. The number of aryl methyl sites for hydroxylation is 1. The highest BCUT2D eigenvalue weighted by molar-refractivity contribution is 6.01. The van der Waals surface area contributed by atoms with Gasteiger partial charge in [-0.15, -0.1) is 0 Å². The van der Waals surface area contributed by atoms with Crippen LogP contribution in [-0.2, 0) is 11.3 Å². The van der Waals surface area contributed by atoms with Crippen molar-refractivity contribution >= 4 is 11.8 Å². The van der Waals surface area contributed by atoms with Crippen LogP contribution >= 0.6 is 0 Å². The van der Waals surface area contributed by atoms with Crippen molar-refractivity contribution in [1.82, 2.24) is 4.90 Å². The van der Waals surface area contributed by atoms with E-state index in [0.29, 0.717) is 18.7 Å². The maximum absolute atomic E-state index is 12.8. The zero-order valence-electron chi connectivity index (χ0n) is 17.8. The Labute approximate surface area is 183 Å². The Bertz CT molecular complexity index is 1060. The van der Waals surface area contributed by atoms with E-state index in [9.17, 15) is 4.79 Å². The molecule has 0 saturated carbocycles. The molecule has 0 amide bonds. The lowest BCUT2D eigenvalue weighted by Crippen LogP contribution is -2.39. The van der Waals surface area contributed by atoms with Crippen LogP contribution in [0.5, 0.6) is 5.75 Å². The highest BCUT2D eigenvalue weighted by atomic mass is 16.6. The summed E-state index contributed by atoms with van der Waals surface area (Å²) in [6, 6.07) is 25.1. The molecule has 5 nitrogen and oxygen atoms in total. The number of amidine groups is 1.